The first-order valence-corrected chi connectivity index (χ1v) is 16.4. The zero-order valence-corrected chi connectivity index (χ0v) is 20.8. The predicted octanol–water partition coefficient (Wildman–Crippen LogP) is 3.95. The molecular formula is C20H42O6Si2. The largest absolute Gasteiger partial charge is 0.500 e. The molecule has 6 nitrogen and oxygen atoms in total. The molecule has 0 spiro atoms. The van der Waals surface area contributed by atoms with Crippen LogP contribution in [0.15, 0.2) is 0 Å². The van der Waals surface area contributed by atoms with Gasteiger partial charge >= 0.3 is 8.80 Å². The number of epoxide rings is 2. The Morgan fingerprint density at radius 1 is 0.929 bits per heavy atom. The Morgan fingerprint density at radius 2 is 1.61 bits per heavy atom. The van der Waals surface area contributed by atoms with Crippen molar-refractivity contribution in [3.63, 3.8) is 0 Å². The topological polar surface area (TPSA) is 62.0 Å². The predicted molar refractivity (Wildman–Crippen MR) is 116 cm³/mol. The molecule has 0 amide bonds. The minimum atomic E-state index is -2.39. The Morgan fingerprint density at radius 3 is 2.14 bits per heavy atom. The number of rotatable bonds is 12. The molecule has 0 radical (unpaired) electrons. The van der Waals surface area contributed by atoms with E-state index >= 15 is 0 Å². The minimum absolute atomic E-state index is 0.333. The van der Waals surface area contributed by atoms with E-state index in [1.165, 1.54) is 31.7 Å². The van der Waals surface area contributed by atoms with Crippen molar-refractivity contribution in [2.75, 3.05) is 41.2 Å². The van der Waals surface area contributed by atoms with Gasteiger partial charge in [-0.05, 0) is 31.6 Å². The molecule has 3 aliphatic rings. The van der Waals surface area contributed by atoms with E-state index in [2.05, 4.69) is 19.6 Å². The third-order valence-electron chi connectivity index (χ3n) is 5.83. The van der Waals surface area contributed by atoms with Gasteiger partial charge in [0.25, 0.3) is 0 Å². The van der Waals surface area contributed by atoms with E-state index < -0.39 is 16.9 Å². The maximum Gasteiger partial charge on any atom is 0.500 e. The Hall–Kier alpha value is 0.194. The van der Waals surface area contributed by atoms with E-state index in [0.29, 0.717) is 31.5 Å². The van der Waals surface area contributed by atoms with Crippen LogP contribution in [-0.4, -0.2) is 76.3 Å². The monoisotopic (exact) mass is 434 g/mol. The van der Waals surface area contributed by atoms with Crippen molar-refractivity contribution >= 4 is 16.9 Å². The standard InChI is InChI=1S/C11H22OSi.C9H20O5Si/c1-13(2,3)7-6-9-4-5-10-11(8-9)12-10;1-10-15(11-2,12-3)6-4-5-13-7-9-8-14-9/h9-11H,4-8H2,1-3H3;9H,4-8H2,1-3H3. The van der Waals surface area contributed by atoms with E-state index in [9.17, 15) is 0 Å². The van der Waals surface area contributed by atoms with Gasteiger partial charge in [0.15, 0.2) is 0 Å². The molecule has 0 aromatic rings. The van der Waals surface area contributed by atoms with Gasteiger partial charge in [0.2, 0.25) is 0 Å². The molecule has 0 N–H and O–H groups in total. The Balaban J connectivity index is 0.000000202. The van der Waals surface area contributed by atoms with E-state index in [4.69, 9.17) is 27.5 Å². The van der Waals surface area contributed by atoms with Crippen molar-refractivity contribution in [2.24, 2.45) is 5.92 Å². The summed E-state index contributed by atoms with van der Waals surface area (Å²) >= 11 is 0. The number of hydrogen-bond donors (Lipinski definition) is 0. The van der Waals surface area contributed by atoms with Crippen molar-refractivity contribution in [1.29, 1.82) is 0 Å². The zero-order valence-electron chi connectivity index (χ0n) is 18.8. The van der Waals surface area contributed by atoms with Crippen molar-refractivity contribution in [3.8, 4) is 0 Å². The Bertz CT molecular complexity index is 429. The van der Waals surface area contributed by atoms with Crippen molar-refractivity contribution < 1.29 is 27.5 Å². The third kappa shape index (κ3) is 9.34. The minimum Gasteiger partial charge on any atom is -0.379 e. The van der Waals surface area contributed by atoms with Crippen LogP contribution in [0.1, 0.15) is 32.1 Å². The van der Waals surface area contributed by atoms with Crippen LogP contribution in [-0.2, 0) is 27.5 Å². The molecule has 1 aliphatic carbocycles. The Labute approximate surface area is 173 Å². The normalized spacial score (nSPS) is 28.9. The quantitative estimate of drug-likeness (QED) is 0.263. The van der Waals surface area contributed by atoms with Gasteiger partial charge in [-0.25, -0.2) is 0 Å². The summed E-state index contributed by atoms with van der Waals surface area (Å²) in [5.74, 6) is 0.996. The molecule has 4 atom stereocenters. The maximum absolute atomic E-state index is 5.55. The number of fused-ring (bicyclic) bond motifs is 1. The first-order valence-electron chi connectivity index (χ1n) is 10.8. The van der Waals surface area contributed by atoms with Crippen molar-refractivity contribution in [1.82, 2.24) is 0 Å². The molecule has 0 aromatic heterocycles. The van der Waals surface area contributed by atoms with Gasteiger partial charge in [0, 0.05) is 42.1 Å². The molecule has 3 fully saturated rings. The maximum atomic E-state index is 5.55. The van der Waals surface area contributed by atoms with Crippen LogP contribution in [0, 0.1) is 5.92 Å². The smallest absolute Gasteiger partial charge is 0.379 e. The van der Waals surface area contributed by atoms with Crippen LogP contribution in [0.2, 0.25) is 31.7 Å². The lowest BCUT2D eigenvalue weighted by atomic mass is 9.88. The summed E-state index contributed by atoms with van der Waals surface area (Å²) in [5, 5.41) is 0. The van der Waals surface area contributed by atoms with Gasteiger partial charge in [-0.3, -0.25) is 0 Å². The van der Waals surface area contributed by atoms with E-state index in [1.54, 1.807) is 21.3 Å². The fourth-order valence-corrected chi connectivity index (χ4v) is 6.68. The molecule has 8 heteroatoms. The van der Waals surface area contributed by atoms with Gasteiger partial charge in [-0.2, -0.15) is 0 Å². The lowest BCUT2D eigenvalue weighted by Gasteiger charge is -2.24. The highest BCUT2D eigenvalue weighted by Gasteiger charge is 2.43. The molecule has 2 aliphatic heterocycles. The zero-order chi connectivity index (χ0) is 20.6. The fraction of sp³-hybridized carbons (Fsp3) is 1.00. The molecule has 1 saturated carbocycles. The molecule has 28 heavy (non-hydrogen) atoms. The molecule has 3 rings (SSSR count). The second-order valence-electron chi connectivity index (χ2n) is 9.42. The SMILES string of the molecule is CO[Si](CCCOCC1CO1)(OC)OC.C[Si](C)(C)CCC1CCC2OC2C1. The van der Waals surface area contributed by atoms with Gasteiger partial charge in [-0.15, -0.1) is 0 Å². The second kappa shape index (κ2) is 11.5. The molecule has 2 heterocycles. The fourth-order valence-electron chi connectivity index (χ4n) is 3.71. The third-order valence-corrected chi connectivity index (χ3v) is 10.4. The lowest BCUT2D eigenvalue weighted by Crippen LogP contribution is -2.42. The van der Waals surface area contributed by atoms with Gasteiger partial charge < -0.3 is 27.5 Å². The van der Waals surface area contributed by atoms with E-state index in [1.807, 2.05) is 0 Å². The first-order chi connectivity index (χ1) is 13.3. The molecule has 166 valence electrons. The first kappa shape index (κ1) is 24.5. The summed E-state index contributed by atoms with van der Waals surface area (Å²) in [6.45, 7) is 9.67. The van der Waals surface area contributed by atoms with Gasteiger partial charge in [-0.1, -0.05) is 32.1 Å². The molecule has 0 aromatic carbocycles. The molecule has 0 bridgehead atoms. The Kier molecular flexibility index (Phi) is 10.1. The summed E-state index contributed by atoms with van der Waals surface area (Å²) in [7, 11) is 1.69. The van der Waals surface area contributed by atoms with E-state index in [0.717, 1.165) is 25.0 Å². The van der Waals surface area contributed by atoms with Gasteiger partial charge in [0.05, 0.1) is 25.4 Å². The van der Waals surface area contributed by atoms with E-state index in [-0.39, 0.29) is 0 Å². The second-order valence-corrected chi connectivity index (χ2v) is 18.1. The summed E-state index contributed by atoms with van der Waals surface area (Å²) in [5.41, 5.74) is 0. The summed E-state index contributed by atoms with van der Waals surface area (Å²) < 4.78 is 31.9. The van der Waals surface area contributed by atoms with Crippen LogP contribution in [0.5, 0.6) is 0 Å². The summed E-state index contributed by atoms with van der Waals surface area (Å²) in [6.07, 6.45) is 8.21. The van der Waals surface area contributed by atoms with Crippen molar-refractivity contribution in [3.05, 3.63) is 0 Å². The van der Waals surface area contributed by atoms with Crippen LogP contribution >= 0.6 is 0 Å². The number of hydrogen-bond acceptors (Lipinski definition) is 6. The average molecular weight is 435 g/mol. The highest BCUT2D eigenvalue weighted by Crippen LogP contribution is 2.41. The van der Waals surface area contributed by atoms with Crippen LogP contribution in [0.25, 0.3) is 0 Å². The van der Waals surface area contributed by atoms with Crippen LogP contribution in [0.3, 0.4) is 0 Å². The number of ether oxygens (including phenoxy) is 3. The highest BCUT2D eigenvalue weighted by molar-refractivity contribution is 6.76. The van der Waals surface area contributed by atoms with Gasteiger partial charge in [0.1, 0.15) is 6.10 Å². The summed E-state index contributed by atoms with van der Waals surface area (Å²) in [6, 6.07) is 2.29. The van der Waals surface area contributed by atoms with Crippen molar-refractivity contribution in [2.45, 2.75) is 82.1 Å². The lowest BCUT2D eigenvalue weighted by molar-refractivity contribution is 0.100. The molecular weight excluding hydrogens is 392 g/mol. The average Bonchev–Trinajstić information content (AvgIpc) is 3.58. The van der Waals surface area contributed by atoms with Crippen LogP contribution < -0.4 is 0 Å². The van der Waals surface area contributed by atoms with Crippen LogP contribution in [0.4, 0.5) is 0 Å². The molecule has 4 unspecified atom stereocenters. The summed E-state index contributed by atoms with van der Waals surface area (Å²) in [4.78, 5) is 0. The molecule has 2 saturated heterocycles. The highest BCUT2D eigenvalue weighted by atomic mass is 28.4.